The van der Waals surface area contributed by atoms with Crippen molar-refractivity contribution < 1.29 is 19.1 Å². The number of carbonyl (C=O) groups excluding carboxylic acids is 2. The molecule has 1 rings (SSSR count). The van der Waals surface area contributed by atoms with Crippen LogP contribution in [0.2, 0.25) is 0 Å². The first kappa shape index (κ1) is 18.5. The normalized spacial score (nSPS) is 28.0. The van der Waals surface area contributed by atoms with Crippen molar-refractivity contribution in [2.45, 2.75) is 45.3 Å². The Hall–Kier alpha value is -1.56. The predicted octanol–water partition coefficient (Wildman–Crippen LogP) is 1.85. The first-order chi connectivity index (χ1) is 10.2. The molecule has 0 heterocycles. The summed E-state index contributed by atoms with van der Waals surface area (Å²) in [7, 11) is 3.17. The maximum absolute atomic E-state index is 12.3. The van der Waals surface area contributed by atoms with Crippen LogP contribution in [0.25, 0.3) is 0 Å². The molecule has 0 aliphatic heterocycles. The Morgan fingerprint density at radius 3 is 2.50 bits per heavy atom. The minimum Gasteiger partial charge on any atom is -0.469 e. The highest BCUT2D eigenvalue weighted by Gasteiger charge is 2.52. The lowest BCUT2D eigenvalue weighted by atomic mass is 9.77. The van der Waals surface area contributed by atoms with E-state index >= 15 is 0 Å². The van der Waals surface area contributed by atoms with Gasteiger partial charge in [0.05, 0.1) is 12.5 Å². The van der Waals surface area contributed by atoms with E-state index in [9.17, 15) is 9.59 Å². The van der Waals surface area contributed by atoms with Crippen LogP contribution >= 0.6 is 0 Å². The maximum Gasteiger partial charge on any atom is 0.407 e. The molecule has 1 fully saturated rings. The molecule has 0 radical (unpaired) electrons. The van der Waals surface area contributed by atoms with E-state index in [1.165, 1.54) is 7.11 Å². The highest BCUT2D eigenvalue weighted by molar-refractivity contribution is 5.79. The van der Waals surface area contributed by atoms with Crippen LogP contribution in [0.3, 0.4) is 0 Å². The number of nitrogens with one attached hydrogen (secondary N) is 2. The molecule has 1 aliphatic rings. The number of hydrogen-bond acceptors (Lipinski definition) is 5. The van der Waals surface area contributed by atoms with E-state index in [1.54, 1.807) is 13.1 Å². The van der Waals surface area contributed by atoms with Crippen molar-refractivity contribution in [1.29, 1.82) is 0 Å². The second kappa shape index (κ2) is 7.13. The van der Waals surface area contributed by atoms with E-state index in [0.29, 0.717) is 19.4 Å². The van der Waals surface area contributed by atoms with E-state index < -0.39 is 17.1 Å². The fourth-order valence-electron chi connectivity index (χ4n) is 3.14. The van der Waals surface area contributed by atoms with E-state index in [2.05, 4.69) is 17.2 Å². The molecule has 0 aromatic rings. The monoisotopic (exact) mass is 312 g/mol. The number of carbonyl (C=O) groups is 2. The summed E-state index contributed by atoms with van der Waals surface area (Å²) in [6.07, 6.45) is 2.44. The zero-order valence-electron chi connectivity index (χ0n) is 14.2. The molecule has 6 nitrogen and oxygen atoms in total. The number of hydrogen-bond donors (Lipinski definition) is 2. The van der Waals surface area contributed by atoms with Gasteiger partial charge in [0.1, 0.15) is 5.60 Å². The van der Waals surface area contributed by atoms with Crippen LogP contribution in [0.15, 0.2) is 12.7 Å². The minimum atomic E-state index is -0.703. The summed E-state index contributed by atoms with van der Waals surface area (Å²) in [6, 6.07) is -0.148. The second-order valence-corrected chi connectivity index (χ2v) is 6.80. The Bertz CT molecular complexity index is 430. The SMILES string of the molecule is C=C[C@@H]1C[C@@H](NC(=O)OC(C)(C)C)C[C@@]1(CNC)C(=O)OC. The molecule has 126 valence electrons. The molecule has 1 amide bonds. The summed E-state index contributed by atoms with van der Waals surface area (Å²) in [4.78, 5) is 24.2. The molecule has 0 saturated heterocycles. The third kappa shape index (κ3) is 4.22. The van der Waals surface area contributed by atoms with E-state index in [1.807, 2.05) is 20.8 Å². The quantitative estimate of drug-likeness (QED) is 0.598. The van der Waals surface area contributed by atoms with Crippen LogP contribution < -0.4 is 10.6 Å². The first-order valence-electron chi connectivity index (χ1n) is 7.53. The molecule has 3 atom stereocenters. The molecule has 0 aromatic heterocycles. The Kier molecular flexibility index (Phi) is 6.00. The standard InChI is InChI=1S/C16H28N2O4/c1-7-11-8-12(18-14(20)22-15(2,3)4)9-16(11,10-17-5)13(19)21-6/h7,11-12,17H,1,8-10H2,2-6H3,(H,18,20)/t11-,12-,16+/m1/s1. The van der Waals surface area contributed by atoms with E-state index in [-0.39, 0.29) is 17.9 Å². The van der Waals surface area contributed by atoms with Crippen LogP contribution in [-0.4, -0.2) is 44.4 Å². The number of esters is 1. The summed E-state index contributed by atoms with van der Waals surface area (Å²) in [5.41, 5.74) is -1.25. The molecule has 0 unspecified atom stereocenters. The van der Waals surface area contributed by atoms with Gasteiger partial charge in [-0.25, -0.2) is 4.79 Å². The number of methoxy groups -OCH3 is 1. The van der Waals surface area contributed by atoms with Gasteiger partial charge >= 0.3 is 12.1 Å². The van der Waals surface area contributed by atoms with Crippen molar-refractivity contribution in [2.75, 3.05) is 20.7 Å². The van der Waals surface area contributed by atoms with Crippen molar-refractivity contribution in [3.63, 3.8) is 0 Å². The molecular formula is C16H28N2O4. The summed E-state index contributed by atoms with van der Waals surface area (Å²) < 4.78 is 10.3. The molecule has 22 heavy (non-hydrogen) atoms. The Balaban J connectivity index is 2.85. The van der Waals surface area contributed by atoms with Crippen LogP contribution in [0.1, 0.15) is 33.6 Å². The zero-order valence-corrected chi connectivity index (χ0v) is 14.2. The van der Waals surface area contributed by atoms with Gasteiger partial charge in [-0.15, -0.1) is 6.58 Å². The third-order valence-electron chi connectivity index (χ3n) is 3.95. The van der Waals surface area contributed by atoms with Gasteiger partial charge in [-0.05, 0) is 46.6 Å². The van der Waals surface area contributed by atoms with Crippen LogP contribution in [-0.2, 0) is 14.3 Å². The van der Waals surface area contributed by atoms with Gasteiger partial charge in [-0.1, -0.05) is 6.08 Å². The van der Waals surface area contributed by atoms with Gasteiger partial charge in [0.2, 0.25) is 0 Å². The van der Waals surface area contributed by atoms with E-state index in [4.69, 9.17) is 9.47 Å². The van der Waals surface area contributed by atoms with Crippen molar-refractivity contribution in [3.8, 4) is 0 Å². The fourth-order valence-corrected chi connectivity index (χ4v) is 3.14. The molecule has 6 heteroatoms. The van der Waals surface area contributed by atoms with Gasteiger partial charge in [0.25, 0.3) is 0 Å². The molecular weight excluding hydrogens is 284 g/mol. The second-order valence-electron chi connectivity index (χ2n) is 6.80. The van der Waals surface area contributed by atoms with Crippen molar-refractivity contribution in [2.24, 2.45) is 11.3 Å². The molecule has 0 bridgehead atoms. The Labute approximate surface area is 132 Å². The van der Waals surface area contributed by atoms with Crippen molar-refractivity contribution >= 4 is 12.1 Å². The Morgan fingerprint density at radius 1 is 1.41 bits per heavy atom. The van der Waals surface area contributed by atoms with Gasteiger partial charge in [-0.3, -0.25) is 4.79 Å². The van der Waals surface area contributed by atoms with E-state index in [0.717, 1.165) is 0 Å². The lowest BCUT2D eigenvalue weighted by Gasteiger charge is -2.30. The summed E-state index contributed by atoms with van der Waals surface area (Å²) in [5.74, 6) is -0.340. The van der Waals surface area contributed by atoms with Gasteiger partial charge in [-0.2, -0.15) is 0 Å². The van der Waals surface area contributed by atoms with Crippen LogP contribution in [0.4, 0.5) is 4.79 Å². The molecule has 1 saturated carbocycles. The molecule has 0 spiro atoms. The van der Waals surface area contributed by atoms with Gasteiger partial charge in [0, 0.05) is 12.6 Å². The predicted molar refractivity (Wildman–Crippen MR) is 84.5 cm³/mol. The summed E-state index contributed by atoms with van der Waals surface area (Å²) in [6.45, 7) is 9.74. The number of allylic oxidation sites excluding steroid dienone is 1. The Morgan fingerprint density at radius 2 is 2.05 bits per heavy atom. The zero-order chi connectivity index (χ0) is 17.0. The average Bonchev–Trinajstić information content (AvgIpc) is 2.74. The summed E-state index contributed by atoms with van der Waals surface area (Å²) in [5, 5.41) is 5.90. The fraction of sp³-hybridized carbons (Fsp3) is 0.750. The smallest absolute Gasteiger partial charge is 0.407 e. The third-order valence-corrected chi connectivity index (χ3v) is 3.95. The van der Waals surface area contributed by atoms with Crippen molar-refractivity contribution in [3.05, 3.63) is 12.7 Å². The molecule has 1 aliphatic carbocycles. The largest absolute Gasteiger partial charge is 0.469 e. The number of amides is 1. The molecule has 2 N–H and O–H groups in total. The topological polar surface area (TPSA) is 76.7 Å². The lowest BCUT2D eigenvalue weighted by Crippen LogP contribution is -2.44. The van der Waals surface area contributed by atoms with Crippen molar-refractivity contribution in [1.82, 2.24) is 10.6 Å². The highest BCUT2D eigenvalue weighted by atomic mass is 16.6. The first-order valence-corrected chi connectivity index (χ1v) is 7.53. The van der Waals surface area contributed by atoms with Crippen LogP contribution in [0, 0.1) is 11.3 Å². The average molecular weight is 312 g/mol. The lowest BCUT2D eigenvalue weighted by molar-refractivity contribution is -0.154. The molecule has 0 aromatic carbocycles. The van der Waals surface area contributed by atoms with Crippen LogP contribution in [0.5, 0.6) is 0 Å². The highest BCUT2D eigenvalue weighted by Crippen LogP contribution is 2.44. The van der Waals surface area contributed by atoms with Gasteiger partial charge < -0.3 is 20.1 Å². The number of rotatable bonds is 5. The summed E-state index contributed by atoms with van der Waals surface area (Å²) >= 11 is 0. The van der Waals surface area contributed by atoms with Gasteiger partial charge in [0.15, 0.2) is 0 Å². The minimum absolute atomic E-state index is 0.0627. The number of alkyl carbamates (subject to hydrolysis) is 1. The maximum atomic E-state index is 12.3. The number of ether oxygens (including phenoxy) is 2.